The molecule has 0 N–H and O–H groups in total. The smallest absolute Gasteiger partial charge is 0.257 e. The highest BCUT2D eigenvalue weighted by molar-refractivity contribution is 5.91. The molecule has 7 heavy (non-hydrogen) atoms. The van der Waals surface area contributed by atoms with E-state index in [-0.39, 0.29) is 5.12 Å². The Balaban J connectivity index is 3.64. The van der Waals surface area contributed by atoms with Crippen molar-refractivity contribution in [1.82, 2.24) is 5.12 Å². The minimum atomic E-state index is -0.958. The molecule has 0 bridgehead atoms. The summed E-state index contributed by atoms with van der Waals surface area (Å²) in [5.41, 5.74) is 0. The van der Waals surface area contributed by atoms with Crippen LogP contribution >= 0.6 is 0 Å². The Hall–Kier alpha value is -1.04. The topological polar surface area (TPSA) is 20.3 Å². The van der Waals surface area contributed by atoms with Crippen LogP contribution in [0.5, 0.6) is 0 Å². The van der Waals surface area contributed by atoms with Gasteiger partial charge in [0.15, 0.2) is 0 Å². The summed E-state index contributed by atoms with van der Waals surface area (Å²) in [5, 5.41) is -0.153. The standard InChI is InChI=1S/C4H4FNO/c1-3-4(7)6(2)5/h1H,2H3. The van der Waals surface area contributed by atoms with E-state index in [4.69, 9.17) is 0 Å². The van der Waals surface area contributed by atoms with Gasteiger partial charge >= 0.3 is 5.91 Å². The molecule has 0 atom stereocenters. The van der Waals surface area contributed by atoms with Gasteiger partial charge in [0.05, 0.1) is 0 Å². The molecule has 0 aromatic heterocycles. The van der Waals surface area contributed by atoms with E-state index < -0.39 is 5.91 Å². The summed E-state index contributed by atoms with van der Waals surface area (Å²) in [6, 6.07) is 0. The minimum Gasteiger partial charge on any atom is -0.257 e. The van der Waals surface area contributed by atoms with E-state index in [1.807, 2.05) is 0 Å². The van der Waals surface area contributed by atoms with Gasteiger partial charge in [-0.1, -0.05) is 4.48 Å². The van der Waals surface area contributed by atoms with E-state index in [1.54, 1.807) is 5.92 Å². The maximum atomic E-state index is 11.4. The lowest BCUT2D eigenvalue weighted by Gasteiger charge is -1.94. The van der Waals surface area contributed by atoms with Crippen LogP contribution in [0.4, 0.5) is 4.48 Å². The van der Waals surface area contributed by atoms with Gasteiger partial charge in [0.1, 0.15) is 0 Å². The number of hydrogen-bond acceptors (Lipinski definition) is 1. The first-order valence-corrected chi connectivity index (χ1v) is 1.58. The molecule has 0 aliphatic heterocycles. The largest absolute Gasteiger partial charge is 0.325 e. The zero-order valence-corrected chi connectivity index (χ0v) is 3.81. The first kappa shape index (κ1) is 5.96. The van der Waals surface area contributed by atoms with Crippen molar-refractivity contribution in [3.8, 4) is 12.3 Å². The third-order valence-electron chi connectivity index (χ3n) is 0.403. The Kier molecular flexibility index (Phi) is 1.86. The van der Waals surface area contributed by atoms with Gasteiger partial charge in [0.2, 0.25) is 0 Å². The molecule has 2 nitrogen and oxygen atoms in total. The van der Waals surface area contributed by atoms with Crippen molar-refractivity contribution in [1.29, 1.82) is 0 Å². The molecule has 0 aromatic carbocycles. The molecule has 0 aromatic rings. The van der Waals surface area contributed by atoms with Crippen molar-refractivity contribution in [3.63, 3.8) is 0 Å². The van der Waals surface area contributed by atoms with Crippen molar-refractivity contribution in [2.24, 2.45) is 0 Å². The Bertz CT molecular complexity index is 113. The maximum absolute atomic E-state index is 11.4. The number of nitrogens with zero attached hydrogens (tertiary/aromatic N) is 1. The summed E-state index contributed by atoms with van der Waals surface area (Å²) in [7, 11) is 0.947. The molecule has 0 spiro atoms. The van der Waals surface area contributed by atoms with Gasteiger partial charge in [0, 0.05) is 7.05 Å². The summed E-state index contributed by atoms with van der Waals surface area (Å²) in [6.07, 6.45) is 4.49. The van der Waals surface area contributed by atoms with Gasteiger partial charge in [-0.2, -0.15) is 5.12 Å². The fourth-order valence-corrected chi connectivity index (χ4v) is 0.0889. The SMILES string of the molecule is C#CC(=O)N(C)F. The predicted molar refractivity (Wildman–Crippen MR) is 22.7 cm³/mol. The number of rotatable bonds is 0. The molecule has 0 saturated carbocycles. The molecular weight excluding hydrogens is 97.0 g/mol. The van der Waals surface area contributed by atoms with Crippen LogP contribution in [0.15, 0.2) is 0 Å². The van der Waals surface area contributed by atoms with Gasteiger partial charge in [-0.05, 0) is 5.92 Å². The summed E-state index contributed by atoms with van der Waals surface area (Å²) >= 11 is 0. The second-order valence-corrected chi connectivity index (χ2v) is 0.927. The van der Waals surface area contributed by atoms with Gasteiger partial charge in [-0.3, -0.25) is 4.79 Å². The van der Waals surface area contributed by atoms with E-state index in [1.165, 1.54) is 0 Å². The molecule has 0 rings (SSSR count). The molecule has 0 radical (unpaired) electrons. The lowest BCUT2D eigenvalue weighted by atomic mass is 10.6. The number of hydrogen-bond donors (Lipinski definition) is 0. The number of terminal acetylenes is 1. The molecule has 0 aliphatic carbocycles. The Morgan fingerprint density at radius 1 is 2.00 bits per heavy atom. The number of halogens is 1. The highest BCUT2D eigenvalue weighted by Crippen LogP contribution is 1.78. The van der Waals surface area contributed by atoms with Crippen LogP contribution in [0.25, 0.3) is 0 Å². The van der Waals surface area contributed by atoms with Crippen molar-refractivity contribution in [3.05, 3.63) is 0 Å². The number of carbonyl (C=O) groups excluding carboxylic acids is 1. The minimum absolute atomic E-state index is 0.153. The van der Waals surface area contributed by atoms with Gasteiger partial charge < -0.3 is 0 Å². The molecular formula is C4H4FNO. The van der Waals surface area contributed by atoms with Crippen molar-refractivity contribution < 1.29 is 9.28 Å². The molecule has 0 saturated heterocycles. The molecule has 0 fully saturated rings. The highest BCUT2D eigenvalue weighted by atomic mass is 19.2. The average molecular weight is 101 g/mol. The van der Waals surface area contributed by atoms with E-state index in [0.29, 0.717) is 0 Å². The van der Waals surface area contributed by atoms with Gasteiger partial charge in [0.25, 0.3) is 0 Å². The molecule has 0 aliphatic rings. The van der Waals surface area contributed by atoms with Crippen molar-refractivity contribution in [2.75, 3.05) is 7.05 Å². The summed E-state index contributed by atoms with van der Waals surface area (Å²) in [4.78, 5) is 9.83. The Morgan fingerprint density at radius 2 is 2.43 bits per heavy atom. The molecule has 0 heterocycles. The van der Waals surface area contributed by atoms with Crippen LogP contribution in [0, 0.1) is 12.3 Å². The van der Waals surface area contributed by atoms with Crippen LogP contribution < -0.4 is 0 Å². The third-order valence-corrected chi connectivity index (χ3v) is 0.403. The van der Waals surface area contributed by atoms with Gasteiger partial charge in [-0.25, -0.2) is 0 Å². The van der Waals surface area contributed by atoms with Crippen LogP contribution in [-0.2, 0) is 4.79 Å². The lowest BCUT2D eigenvalue weighted by molar-refractivity contribution is -0.136. The molecule has 3 heteroatoms. The first-order valence-electron chi connectivity index (χ1n) is 1.58. The zero-order chi connectivity index (χ0) is 5.86. The quantitative estimate of drug-likeness (QED) is 0.310. The van der Waals surface area contributed by atoms with Crippen molar-refractivity contribution in [2.45, 2.75) is 0 Å². The Morgan fingerprint density at radius 3 is 2.43 bits per heavy atom. The molecule has 1 amide bonds. The van der Waals surface area contributed by atoms with E-state index >= 15 is 0 Å². The molecule has 38 valence electrons. The molecule has 0 unspecified atom stereocenters. The van der Waals surface area contributed by atoms with E-state index in [0.717, 1.165) is 7.05 Å². The summed E-state index contributed by atoms with van der Waals surface area (Å²) in [6.45, 7) is 0. The zero-order valence-electron chi connectivity index (χ0n) is 3.81. The van der Waals surface area contributed by atoms with Crippen LogP contribution in [0.3, 0.4) is 0 Å². The highest BCUT2D eigenvalue weighted by Gasteiger charge is 1.98. The van der Waals surface area contributed by atoms with E-state index in [9.17, 15) is 9.28 Å². The third kappa shape index (κ3) is 1.77. The number of amides is 1. The summed E-state index contributed by atoms with van der Waals surface area (Å²) in [5.74, 6) is 0.618. The van der Waals surface area contributed by atoms with Crippen LogP contribution in [0.1, 0.15) is 0 Å². The monoisotopic (exact) mass is 101 g/mol. The van der Waals surface area contributed by atoms with Gasteiger partial charge in [-0.15, -0.1) is 6.42 Å². The normalized spacial score (nSPS) is 7.00. The predicted octanol–water partition coefficient (Wildman–Crippen LogP) is -0.0375. The average Bonchev–Trinajstić information content (AvgIpc) is 1.65. The summed E-state index contributed by atoms with van der Waals surface area (Å²) < 4.78 is 11.4. The van der Waals surface area contributed by atoms with Crippen LogP contribution in [-0.4, -0.2) is 18.1 Å². The first-order chi connectivity index (χ1) is 3.18. The number of carbonyl (C=O) groups is 1. The lowest BCUT2D eigenvalue weighted by Crippen LogP contribution is -2.13. The van der Waals surface area contributed by atoms with Crippen molar-refractivity contribution >= 4 is 5.91 Å². The van der Waals surface area contributed by atoms with E-state index in [2.05, 4.69) is 6.42 Å². The van der Waals surface area contributed by atoms with Crippen LogP contribution in [0.2, 0.25) is 0 Å². The fourth-order valence-electron chi connectivity index (χ4n) is 0.0889. The second kappa shape index (κ2) is 2.19. The second-order valence-electron chi connectivity index (χ2n) is 0.927. The maximum Gasteiger partial charge on any atom is 0.325 e. The Labute approximate surface area is 40.9 Å². The fraction of sp³-hybridized carbons (Fsp3) is 0.250.